The van der Waals surface area contributed by atoms with E-state index in [0.29, 0.717) is 0 Å². The van der Waals surface area contributed by atoms with E-state index in [1.807, 2.05) is 60.7 Å². The number of hydrogen-bond donors (Lipinski definition) is 2. The van der Waals surface area contributed by atoms with Gasteiger partial charge in [0.25, 0.3) is 0 Å². The molecule has 28 heavy (non-hydrogen) atoms. The standard InChI is InChI=1S/C22H18N4S2/c1-16-4-2-3-5-21(16)22(25-17-6-10-19(11-7-17)27-14-23)26-18-8-12-20(13-9-18)28-15-24/h2-13,22,25-26H,1H3. The molecular weight excluding hydrogens is 384 g/mol. The molecule has 2 N–H and O–H groups in total. The molecule has 0 atom stereocenters. The maximum absolute atomic E-state index is 8.80. The predicted molar refractivity (Wildman–Crippen MR) is 117 cm³/mol. The van der Waals surface area contributed by atoms with Crippen molar-refractivity contribution in [2.45, 2.75) is 22.9 Å². The molecule has 0 bridgehead atoms. The van der Waals surface area contributed by atoms with Crippen molar-refractivity contribution >= 4 is 34.9 Å². The minimum Gasteiger partial charge on any atom is -0.362 e. The molecule has 4 nitrogen and oxygen atoms in total. The Labute approximate surface area is 173 Å². The van der Waals surface area contributed by atoms with E-state index in [2.05, 4.69) is 40.5 Å². The van der Waals surface area contributed by atoms with Crippen molar-refractivity contribution in [1.29, 1.82) is 10.5 Å². The average molecular weight is 403 g/mol. The van der Waals surface area contributed by atoms with E-state index in [0.717, 1.165) is 50.3 Å². The van der Waals surface area contributed by atoms with E-state index in [1.165, 1.54) is 5.56 Å². The zero-order chi connectivity index (χ0) is 19.8. The molecule has 0 spiro atoms. The lowest BCUT2D eigenvalue weighted by molar-refractivity contribution is 0.890. The van der Waals surface area contributed by atoms with Crippen molar-refractivity contribution in [2.24, 2.45) is 0 Å². The van der Waals surface area contributed by atoms with Gasteiger partial charge in [-0.05, 0) is 90.1 Å². The van der Waals surface area contributed by atoms with Gasteiger partial charge < -0.3 is 10.6 Å². The highest BCUT2D eigenvalue weighted by Gasteiger charge is 2.14. The summed E-state index contributed by atoms with van der Waals surface area (Å²) in [6.45, 7) is 2.09. The Morgan fingerprint density at radius 1 is 0.714 bits per heavy atom. The number of aryl methyl sites for hydroxylation is 1. The van der Waals surface area contributed by atoms with Crippen LogP contribution >= 0.6 is 23.5 Å². The molecule has 0 saturated heterocycles. The van der Waals surface area contributed by atoms with Gasteiger partial charge in [0.1, 0.15) is 17.0 Å². The third-order valence-electron chi connectivity index (χ3n) is 4.16. The van der Waals surface area contributed by atoms with E-state index in [1.54, 1.807) is 0 Å². The van der Waals surface area contributed by atoms with Crippen LogP contribution in [0.3, 0.4) is 0 Å². The second kappa shape index (κ2) is 9.75. The first kappa shape index (κ1) is 19.7. The molecule has 0 aliphatic heterocycles. The second-order valence-corrected chi connectivity index (χ2v) is 7.73. The van der Waals surface area contributed by atoms with Crippen LogP contribution in [0.1, 0.15) is 17.3 Å². The summed E-state index contributed by atoms with van der Waals surface area (Å²) in [6, 6.07) is 23.8. The summed E-state index contributed by atoms with van der Waals surface area (Å²) in [5, 5.41) is 28.8. The van der Waals surface area contributed by atoms with Gasteiger partial charge in [-0.2, -0.15) is 10.5 Å². The molecule has 3 aromatic carbocycles. The van der Waals surface area contributed by atoms with Gasteiger partial charge >= 0.3 is 0 Å². The van der Waals surface area contributed by atoms with Gasteiger partial charge in [0.05, 0.1) is 0 Å². The number of thiocyanates is 2. The summed E-state index contributed by atoms with van der Waals surface area (Å²) in [5.74, 6) is 0. The zero-order valence-electron chi connectivity index (χ0n) is 15.2. The number of hydrogen-bond acceptors (Lipinski definition) is 6. The van der Waals surface area contributed by atoms with Gasteiger partial charge in [0.15, 0.2) is 0 Å². The number of thioether (sulfide) groups is 2. The molecular formula is C22H18N4S2. The number of nitrogens with one attached hydrogen (secondary N) is 2. The van der Waals surface area contributed by atoms with Crippen molar-refractivity contribution in [1.82, 2.24) is 0 Å². The normalized spacial score (nSPS) is 10.1. The van der Waals surface area contributed by atoms with E-state index in [9.17, 15) is 0 Å². The highest BCUT2D eigenvalue weighted by atomic mass is 32.2. The molecule has 138 valence electrons. The minimum atomic E-state index is -0.134. The lowest BCUT2D eigenvalue weighted by Gasteiger charge is -2.24. The number of anilines is 2. The maximum atomic E-state index is 8.80. The summed E-state index contributed by atoms with van der Waals surface area (Å²) in [5.41, 5.74) is 4.24. The molecule has 3 aromatic rings. The summed E-state index contributed by atoms with van der Waals surface area (Å²) in [6.07, 6.45) is -0.134. The Morgan fingerprint density at radius 3 is 1.61 bits per heavy atom. The van der Waals surface area contributed by atoms with E-state index >= 15 is 0 Å². The Morgan fingerprint density at radius 2 is 1.18 bits per heavy atom. The molecule has 0 radical (unpaired) electrons. The van der Waals surface area contributed by atoms with Gasteiger partial charge in [0, 0.05) is 21.2 Å². The van der Waals surface area contributed by atoms with Crippen LogP contribution in [-0.2, 0) is 0 Å². The zero-order valence-corrected chi connectivity index (χ0v) is 16.8. The Kier molecular flexibility index (Phi) is 6.86. The number of nitriles is 2. The van der Waals surface area contributed by atoms with Crippen LogP contribution in [0.5, 0.6) is 0 Å². The van der Waals surface area contributed by atoms with Gasteiger partial charge in [-0.15, -0.1) is 0 Å². The van der Waals surface area contributed by atoms with Crippen LogP contribution in [0.2, 0.25) is 0 Å². The van der Waals surface area contributed by atoms with Crippen LogP contribution in [0.15, 0.2) is 82.6 Å². The van der Waals surface area contributed by atoms with Gasteiger partial charge in [0.2, 0.25) is 0 Å². The first-order chi connectivity index (χ1) is 13.7. The molecule has 3 rings (SSSR count). The van der Waals surface area contributed by atoms with Gasteiger partial charge in [-0.1, -0.05) is 24.3 Å². The summed E-state index contributed by atoms with van der Waals surface area (Å²) >= 11 is 2.29. The molecule has 0 aliphatic rings. The smallest absolute Gasteiger partial charge is 0.138 e. The van der Waals surface area contributed by atoms with Gasteiger partial charge in [-0.25, -0.2) is 0 Å². The second-order valence-electron chi connectivity index (χ2n) is 6.01. The molecule has 0 aromatic heterocycles. The van der Waals surface area contributed by atoms with Crippen molar-refractivity contribution in [3.8, 4) is 10.8 Å². The molecule has 0 amide bonds. The van der Waals surface area contributed by atoms with E-state index in [-0.39, 0.29) is 6.17 Å². The average Bonchev–Trinajstić information content (AvgIpc) is 2.71. The summed E-state index contributed by atoms with van der Waals surface area (Å²) < 4.78 is 0. The van der Waals surface area contributed by atoms with Crippen LogP contribution < -0.4 is 10.6 Å². The Bertz CT molecular complexity index is 941. The fourth-order valence-electron chi connectivity index (χ4n) is 2.78. The SMILES string of the molecule is Cc1ccccc1C(Nc1ccc(SC#N)cc1)Nc1ccc(SC#N)cc1. The first-order valence-corrected chi connectivity index (χ1v) is 10.2. The van der Waals surface area contributed by atoms with Crippen molar-refractivity contribution in [3.05, 3.63) is 83.9 Å². The highest BCUT2D eigenvalue weighted by molar-refractivity contribution is 8.04. The minimum absolute atomic E-state index is 0.134. The third kappa shape index (κ3) is 5.23. The molecule has 0 unspecified atom stereocenters. The molecule has 6 heteroatoms. The van der Waals surface area contributed by atoms with Crippen molar-refractivity contribution in [2.75, 3.05) is 10.6 Å². The summed E-state index contributed by atoms with van der Waals surface area (Å²) in [7, 11) is 0. The van der Waals surface area contributed by atoms with E-state index < -0.39 is 0 Å². The molecule has 0 saturated carbocycles. The van der Waals surface area contributed by atoms with Crippen molar-refractivity contribution in [3.63, 3.8) is 0 Å². The highest BCUT2D eigenvalue weighted by Crippen LogP contribution is 2.27. The van der Waals surface area contributed by atoms with Crippen LogP contribution in [0.4, 0.5) is 11.4 Å². The Hall–Kier alpha value is -3.06. The lowest BCUT2D eigenvalue weighted by Crippen LogP contribution is -2.20. The van der Waals surface area contributed by atoms with E-state index in [4.69, 9.17) is 10.5 Å². The van der Waals surface area contributed by atoms with Gasteiger partial charge in [-0.3, -0.25) is 0 Å². The quantitative estimate of drug-likeness (QED) is 0.272. The Balaban J connectivity index is 1.84. The van der Waals surface area contributed by atoms with Crippen molar-refractivity contribution < 1.29 is 0 Å². The van der Waals surface area contributed by atoms with Crippen LogP contribution in [-0.4, -0.2) is 0 Å². The number of rotatable bonds is 7. The predicted octanol–water partition coefficient (Wildman–Crippen LogP) is 6.36. The monoisotopic (exact) mass is 402 g/mol. The lowest BCUT2D eigenvalue weighted by atomic mass is 10.1. The first-order valence-electron chi connectivity index (χ1n) is 8.60. The largest absolute Gasteiger partial charge is 0.362 e. The molecule has 0 fully saturated rings. The van der Waals surface area contributed by atoms with Crippen LogP contribution in [0, 0.1) is 28.3 Å². The third-order valence-corrected chi connectivity index (χ3v) is 5.36. The molecule has 0 heterocycles. The fourth-order valence-corrected chi connectivity index (χ4v) is 3.53. The number of benzene rings is 3. The summed E-state index contributed by atoms with van der Waals surface area (Å²) in [4.78, 5) is 1.83. The molecule has 0 aliphatic carbocycles. The fraction of sp³-hybridized carbons (Fsp3) is 0.0909. The maximum Gasteiger partial charge on any atom is 0.138 e. The topological polar surface area (TPSA) is 71.6 Å². The number of nitrogens with zero attached hydrogens (tertiary/aromatic N) is 2. The van der Waals surface area contributed by atoms with Crippen LogP contribution in [0.25, 0.3) is 0 Å².